The lowest BCUT2D eigenvalue weighted by molar-refractivity contribution is 0.0929. The van der Waals surface area contributed by atoms with E-state index in [1.807, 2.05) is 19.9 Å². The fourth-order valence-electron chi connectivity index (χ4n) is 3.04. The van der Waals surface area contributed by atoms with Crippen molar-refractivity contribution in [2.24, 2.45) is 0 Å². The Hall–Kier alpha value is -2.09. The first-order valence-corrected chi connectivity index (χ1v) is 10.6. The number of halogens is 1. The largest absolute Gasteiger partial charge is 0.349 e. The first kappa shape index (κ1) is 22.2. The van der Waals surface area contributed by atoms with Gasteiger partial charge in [0.05, 0.1) is 4.90 Å². The van der Waals surface area contributed by atoms with Gasteiger partial charge in [-0.25, -0.2) is 8.42 Å². The van der Waals surface area contributed by atoms with Crippen molar-refractivity contribution in [3.63, 3.8) is 0 Å². The zero-order chi connectivity index (χ0) is 19.4. The van der Waals surface area contributed by atoms with Crippen molar-refractivity contribution < 1.29 is 13.2 Å². The highest BCUT2D eigenvalue weighted by atomic mass is 35.5. The number of hydrogen-bond donors (Lipinski definition) is 3. The van der Waals surface area contributed by atoms with Crippen molar-refractivity contribution in [2.45, 2.75) is 37.6 Å². The lowest BCUT2D eigenvalue weighted by atomic mass is 10.1. The third kappa shape index (κ3) is 5.47. The number of sulfonamides is 1. The standard InChI is InChI=1S/C20H25N3O3S.ClH/c1-14-3-6-18(13-15(14)2)23-27(25,26)19-7-4-16(5-8-19)20(24)22-17-9-11-21-12-10-17;/h3-8,13,17,21,23H,9-12H2,1-2H3,(H,22,24);1H. The molecule has 0 unspecified atom stereocenters. The summed E-state index contributed by atoms with van der Waals surface area (Å²) in [6.07, 6.45) is 1.80. The Morgan fingerprint density at radius 2 is 1.64 bits per heavy atom. The summed E-state index contributed by atoms with van der Waals surface area (Å²) in [6, 6.07) is 11.6. The Kier molecular flexibility index (Phi) is 7.46. The molecule has 2 aromatic carbocycles. The first-order valence-electron chi connectivity index (χ1n) is 9.07. The summed E-state index contributed by atoms with van der Waals surface area (Å²) in [7, 11) is -3.70. The predicted molar refractivity (Wildman–Crippen MR) is 114 cm³/mol. The molecule has 1 fully saturated rings. The molecule has 0 aromatic heterocycles. The molecule has 152 valence electrons. The van der Waals surface area contributed by atoms with Crippen LogP contribution >= 0.6 is 12.4 Å². The molecule has 0 saturated carbocycles. The van der Waals surface area contributed by atoms with Crippen molar-refractivity contribution in [3.05, 3.63) is 59.2 Å². The second-order valence-corrected chi connectivity index (χ2v) is 8.61. The minimum Gasteiger partial charge on any atom is -0.349 e. The molecule has 6 nitrogen and oxygen atoms in total. The molecule has 2 aromatic rings. The monoisotopic (exact) mass is 423 g/mol. The molecule has 0 radical (unpaired) electrons. The summed E-state index contributed by atoms with van der Waals surface area (Å²) in [5.74, 6) is -0.173. The van der Waals surface area contributed by atoms with E-state index in [0.717, 1.165) is 37.1 Å². The van der Waals surface area contributed by atoms with E-state index in [2.05, 4.69) is 15.4 Å². The van der Waals surface area contributed by atoms with E-state index in [4.69, 9.17) is 0 Å². The van der Waals surface area contributed by atoms with Gasteiger partial charge in [-0.3, -0.25) is 9.52 Å². The number of carbonyl (C=O) groups is 1. The van der Waals surface area contributed by atoms with Crippen LogP contribution in [0.15, 0.2) is 47.4 Å². The van der Waals surface area contributed by atoms with E-state index in [1.165, 1.54) is 12.1 Å². The Labute approximate surface area is 172 Å². The minimum absolute atomic E-state index is 0. The van der Waals surface area contributed by atoms with Crippen molar-refractivity contribution >= 4 is 34.0 Å². The van der Waals surface area contributed by atoms with Crippen LogP contribution < -0.4 is 15.4 Å². The number of amides is 1. The van der Waals surface area contributed by atoms with Gasteiger partial charge in [-0.05, 0) is 87.3 Å². The van der Waals surface area contributed by atoms with Crippen molar-refractivity contribution in [2.75, 3.05) is 17.8 Å². The van der Waals surface area contributed by atoms with Crippen LogP contribution in [0, 0.1) is 13.8 Å². The molecule has 0 spiro atoms. The maximum atomic E-state index is 12.6. The zero-order valence-electron chi connectivity index (χ0n) is 16.0. The van der Waals surface area contributed by atoms with Gasteiger partial charge in [0.15, 0.2) is 0 Å². The van der Waals surface area contributed by atoms with Crippen LogP contribution in [0.1, 0.15) is 34.3 Å². The van der Waals surface area contributed by atoms with Crippen LogP contribution in [0.5, 0.6) is 0 Å². The molecule has 1 heterocycles. The van der Waals surface area contributed by atoms with E-state index >= 15 is 0 Å². The molecule has 28 heavy (non-hydrogen) atoms. The Bertz CT molecular complexity index is 924. The van der Waals surface area contributed by atoms with Crippen LogP contribution in [0.25, 0.3) is 0 Å². The smallest absolute Gasteiger partial charge is 0.261 e. The van der Waals surface area contributed by atoms with Gasteiger partial charge in [-0.1, -0.05) is 6.07 Å². The van der Waals surface area contributed by atoms with Gasteiger partial charge in [0.25, 0.3) is 15.9 Å². The van der Waals surface area contributed by atoms with Gasteiger partial charge in [0.2, 0.25) is 0 Å². The number of aryl methyl sites for hydroxylation is 2. The summed E-state index contributed by atoms with van der Waals surface area (Å²) in [6.45, 7) is 5.70. The highest BCUT2D eigenvalue weighted by Gasteiger charge is 2.18. The second-order valence-electron chi connectivity index (χ2n) is 6.93. The lowest BCUT2D eigenvalue weighted by Gasteiger charge is -2.23. The number of rotatable bonds is 5. The van der Waals surface area contributed by atoms with Gasteiger partial charge in [0.1, 0.15) is 0 Å². The normalized spacial score (nSPS) is 14.8. The summed E-state index contributed by atoms with van der Waals surface area (Å²) < 4.78 is 27.7. The Morgan fingerprint density at radius 3 is 2.25 bits per heavy atom. The van der Waals surface area contributed by atoms with E-state index in [1.54, 1.807) is 24.3 Å². The maximum Gasteiger partial charge on any atom is 0.261 e. The van der Waals surface area contributed by atoms with Crippen molar-refractivity contribution in [1.82, 2.24) is 10.6 Å². The summed E-state index contributed by atoms with van der Waals surface area (Å²) in [5.41, 5.74) is 3.09. The highest BCUT2D eigenvalue weighted by Crippen LogP contribution is 2.19. The van der Waals surface area contributed by atoms with Crippen molar-refractivity contribution in [1.29, 1.82) is 0 Å². The topological polar surface area (TPSA) is 87.3 Å². The maximum absolute atomic E-state index is 12.6. The molecule has 1 aliphatic rings. The van der Waals surface area contributed by atoms with Crippen LogP contribution in [-0.2, 0) is 10.0 Å². The molecule has 0 bridgehead atoms. The molecule has 8 heteroatoms. The fraction of sp³-hybridized carbons (Fsp3) is 0.350. The lowest BCUT2D eigenvalue weighted by Crippen LogP contribution is -2.42. The van der Waals surface area contributed by atoms with Crippen LogP contribution in [0.4, 0.5) is 5.69 Å². The number of hydrogen-bond acceptors (Lipinski definition) is 4. The van der Waals surface area contributed by atoms with E-state index < -0.39 is 10.0 Å². The van der Waals surface area contributed by atoms with Crippen LogP contribution in [0.2, 0.25) is 0 Å². The molecule has 1 aliphatic heterocycles. The summed E-state index contributed by atoms with van der Waals surface area (Å²) in [4.78, 5) is 12.5. The average Bonchev–Trinajstić information content (AvgIpc) is 2.65. The summed E-state index contributed by atoms with van der Waals surface area (Å²) in [5, 5.41) is 6.25. The molecule has 0 aliphatic carbocycles. The van der Waals surface area contributed by atoms with Crippen LogP contribution in [0.3, 0.4) is 0 Å². The highest BCUT2D eigenvalue weighted by molar-refractivity contribution is 7.92. The molecule has 0 atom stereocenters. The predicted octanol–water partition coefficient (Wildman–Crippen LogP) is 3.01. The third-order valence-electron chi connectivity index (χ3n) is 4.86. The van der Waals surface area contributed by atoms with Gasteiger partial charge < -0.3 is 10.6 Å². The quantitative estimate of drug-likeness (QED) is 0.689. The zero-order valence-corrected chi connectivity index (χ0v) is 17.6. The molecule has 3 N–H and O–H groups in total. The fourth-order valence-corrected chi connectivity index (χ4v) is 4.09. The average molecular weight is 424 g/mol. The molecule has 3 rings (SSSR count). The Morgan fingerprint density at radius 1 is 1.00 bits per heavy atom. The number of carbonyl (C=O) groups excluding carboxylic acids is 1. The minimum atomic E-state index is -3.70. The first-order chi connectivity index (χ1) is 12.8. The van der Waals surface area contributed by atoms with Crippen molar-refractivity contribution in [3.8, 4) is 0 Å². The third-order valence-corrected chi connectivity index (χ3v) is 6.26. The van der Waals surface area contributed by atoms with E-state index in [-0.39, 0.29) is 29.3 Å². The van der Waals surface area contributed by atoms with Crippen LogP contribution in [-0.4, -0.2) is 33.5 Å². The second kappa shape index (κ2) is 9.41. The van der Waals surface area contributed by atoms with Gasteiger partial charge in [-0.15, -0.1) is 12.4 Å². The van der Waals surface area contributed by atoms with Gasteiger partial charge in [-0.2, -0.15) is 0 Å². The molecular weight excluding hydrogens is 398 g/mol. The number of nitrogens with one attached hydrogen (secondary N) is 3. The Balaban J connectivity index is 0.00000280. The molecular formula is C20H26ClN3O3S. The van der Waals surface area contributed by atoms with E-state index in [0.29, 0.717) is 11.3 Å². The number of benzene rings is 2. The molecule has 1 amide bonds. The summed E-state index contributed by atoms with van der Waals surface area (Å²) >= 11 is 0. The SMILES string of the molecule is Cc1ccc(NS(=O)(=O)c2ccc(C(=O)NC3CCNCC3)cc2)cc1C.Cl. The van der Waals surface area contributed by atoms with Gasteiger partial charge in [0, 0.05) is 17.3 Å². The molecule has 1 saturated heterocycles. The number of anilines is 1. The van der Waals surface area contributed by atoms with E-state index in [9.17, 15) is 13.2 Å². The number of piperidine rings is 1. The van der Waals surface area contributed by atoms with Gasteiger partial charge >= 0.3 is 0 Å².